The average molecular weight is 451 g/mol. The molecule has 3 aromatic rings. The molecule has 0 bridgehead atoms. The summed E-state index contributed by atoms with van der Waals surface area (Å²) in [6, 6.07) is 1.81. The molecule has 0 spiro atoms. The van der Waals surface area contributed by atoms with Crippen LogP contribution >= 0.6 is 11.3 Å². The van der Waals surface area contributed by atoms with Crippen molar-refractivity contribution in [3.05, 3.63) is 34.6 Å². The summed E-state index contributed by atoms with van der Waals surface area (Å²) in [5.41, 5.74) is 3.45. The molecule has 6 rings (SSSR count). The summed E-state index contributed by atoms with van der Waals surface area (Å²) >= 11 is 1.47. The van der Waals surface area contributed by atoms with Crippen LogP contribution in [0.15, 0.2) is 17.6 Å². The fourth-order valence-electron chi connectivity index (χ4n) is 4.74. The molecule has 166 valence electrons. The van der Waals surface area contributed by atoms with Crippen LogP contribution in [0, 0.1) is 0 Å². The number of aryl methyl sites for hydroxylation is 1. The van der Waals surface area contributed by atoms with Gasteiger partial charge in [0, 0.05) is 48.4 Å². The molecule has 4 heterocycles. The minimum absolute atomic E-state index is 0.0393. The van der Waals surface area contributed by atoms with Crippen molar-refractivity contribution >= 4 is 40.0 Å². The molecule has 0 radical (unpaired) electrons. The third-order valence-electron chi connectivity index (χ3n) is 6.61. The van der Waals surface area contributed by atoms with Crippen LogP contribution in [-0.4, -0.2) is 50.7 Å². The number of carbonyl (C=O) groups is 1. The number of hydrogen-bond donors (Lipinski definition) is 2. The van der Waals surface area contributed by atoms with Crippen LogP contribution in [0.3, 0.4) is 0 Å². The highest BCUT2D eigenvalue weighted by atomic mass is 32.1. The maximum atomic E-state index is 13.3. The van der Waals surface area contributed by atoms with Gasteiger partial charge < -0.3 is 10.2 Å². The van der Waals surface area contributed by atoms with Gasteiger partial charge in [0.25, 0.3) is 5.91 Å². The predicted molar refractivity (Wildman–Crippen MR) is 124 cm³/mol. The highest BCUT2D eigenvalue weighted by Crippen LogP contribution is 2.40. The first kappa shape index (κ1) is 19.7. The monoisotopic (exact) mass is 450 g/mol. The Bertz CT molecular complexity index is 1140. The molecule has 1 atom stereocenters. The van der Waals surface area contributed by atoms with Crippen LogP contribution in [0.1, 0.15) is 55.0 Å². The van der Waals surface area contributed by atoms with E-state index in [-0.39, 0.29) is 11.9 Å². The SMILES string of the molecule is CN(C(=O)[C@H]1CCCN1c1nc2c(c(Nc3cc(C4CC4)[nH]n3)n1)CCC2)c1nccs1. The van der Waals surface area contributed by atoms with Crippen LogP contribution < -0.4 is 15.1 Å². The van der Waals surface area contributed by atoms with E-state index in [2.05, 4.69) is 31.5 Å². The van der Waals surface area contributed by atoms with Crippen LogP contribution in [0.25, 0.3) is 0 Å². The molecule has 2 aliphatic carbocycles. The number of anilines is 4. The van der Waals surface area contributed by atoms with Gasteiger partial charge in [0.2, 0.25) is 5.95 Å². The zero-order valence-corrected chi connectivity index (χ0v) is 18.9. The van der Waals surface area contributed by atoms with Crippen LogP contribution in [0.5, 0.6) is 0 Å². The Hall–Kier alpha value is -3.01. The molecule has 2 fully saturated rings. The molecular weight excluding hydrogens is 424 g/mol. The van der Waals surface area contributed by atoms with Crippen molar-refractivity contribution in [3.8, 4) is 0 Å². The molecule has 10 heteroatoms. The zero-order valence-electron chi connectivity index (χ0n) is 18.0. The molecule has 0 unspecified atom stereocenters. The van der Waals surface area contributed by atoms with Gasteiger partial charge in [-0.3, -0.25) is 14.8 Å². The van der Waals surface area contributed by atoms with E-state index < -0.39 is 0 Å². The Balaban J connectivity index is 1.29. The third kappa shape index (κ3) is 3.52. The van der Waals surface area contributed by atoms with Crippen molar-refractivity contribution in [2.45, 2.75) is 56.9 Å². The predicted octanol–water partition coefficient (Wildman–Crippen LogP) is 3.40. The number of carbonyl (C=O) groups excluding carboxylic acids is 1. The number of likely N-dealkylation sites (N-methyl/N-ethyl adjacent to an activating group) is 1. The van der Waals surface area contributed by atoms with E-state index in [1.807, 2.05) is 5.38 Å². The van der Waals surface area contributed by atoms with Crippen LogP contribution in [0.2, 0.25) is 0 Å². The quantitative estimate of drug-likeness (QED) is 0.593. The Labute approximate surface area is 190 Å². The normalized spacial score (nSPS) is 19.9. The number of nitrogens with zero attached hydrogens (tertiary/aromatic N) is 6. The van der Waals surface area contributed by atoms with Gasteiger partial charge >= 0.3 is 0 Å². The second-order valence-corrected chi connectivity index (χ2v) is 9.70. The lowest BCUT2D eigenvalue weighted by Gasteiger charge is -2.27. The number of aromatic nitrogens is 5. The number of thiazole rings is 1. The van der Waals surface area contributed by atoms with Gasteiger partial charge in [0.15, 0.2) is 10.9 Å². The topological polar surface area (TPSA) is 103 Å². The van der Waals surface area contributed by atoms with Crippen LogP contribution in [-0.2, 0) is 17.6 Å². The molecule has 1 amide bonds. The van der Waals surface area contributed by atoms with Crippen molar-refractivity contribution in [2.24, 2.45) is 0 Å². The third-order valence-corrected chi connectivity index (χ3v) is 7.46. The number of rotatable bonds is 6. The van der Waals surface area contributed by atoms with Gasteiger partial charge in [-0.15, -0.1) is 11.3 Å². The number of amides is 1. The zero-order chi connectivity index (χ0) is 21.7. The van der Waals surface area contributed by atoms with Gasteiger partial charge in [0.05, 0.1) is 5.69 Å². The molecule has 2 N–H and O–H groups in total. The minimum atomic E-state index is -0.275. The summed E-state index contributed by atoms with van der Waals surface area (Å²) in [6.07, 6.45) is 8.90. The van der Waals surface area contributed by atoms with Crippen molar-refractivity contribution in [3.63, 3.8) is 0 Å². The summed E-state index contributed by atoms with van der Waals surface area (Å²) in [7, 11) is 1.79. The van der Waals surface area contributed by atoms with E-state index in [1.165, 1.54) is 35.4 Å². The number of aromatic amines is 1. The lowest BCUT2D eigenvalue weighted by Crippen LogP contribution is -2.45. The highest BCUT2D eigenvalue weighted by molar-refractivity contribution is 7.13. The summed E-state index contributed by atoms with van der Waals surface area (Å²) in [6.45, 7) is 0.772. The Morgan fingerprint density at radius 2 is 2.16 bits per heavy atom. The molecule has 1 saturated heterocycles. The van der Waals surface area contributed by atoms with E-state index in [1.54, 1.807) is 18.1 Å². The first-order chi connectivity index (χ1) is 15.7. The van der Waals surface area contributed by atoms with Gasteiger partial charge in [-0.25, -0.2) is 9.97 Å². The molecule has 3 aliphatic rings. The van der Waals surface area contributed by atoms with E-state index >= 15 is 0 Å². The van der Waals surface area contributed by atoms with Gasteiger partial charge in [-0.2, -0.15) is 10.1 Å². The first-order valence-corrected chi connectivity index (χ1v) is 12.2. The smallest absolute Gasteiger partial charge is 0.251 e. The highest BCUT2D eigenvalue weighted by Gasteiger charge is 2.36. The summed E-state index contributed by atoms with van der Waals surface area (Å²) < 4.78 is 0. The second kappa shape index (κ2) is 7.84. The lowest BCUT2D eigenvalue weighted by molar-refractivity contribution is -0.119. The molecule has 3 aromatic heterocycles. The van der Waals surface area contributed by atoms with Gasteiger partial charge in [-0.05, 0) is 44.9 Å². The largest absolute Gasteiger partial charge is 0.329 e. The summed E-state index contributed by atoms with van der Waals surface area (Å²) in [5, 5.41) is 13.6. The Morgan fingerprint density at radius 1 is 1.25 bits per heavy atom. The molecule has 9 nitrogen and oxygen atoms in total. The van der Waals surface area contributed by atoms with Crippen molar-refractivity contribution in [1.29, 1.82) is 0 Å². The minimum Gasteiger partial charge on any atom is -0.329 e. The van der Waals surface area contributed by atoms with E-state index in [0.29, 0.717) is 17.0 Å². The standard InChI is InChI=1S/C22H26N8OS/c1-29(22-23-9-11-32-22)20(31)17-6-3-10-30(17)21-24-15-5-2-4-14(15)19(26-21)25-18-12-16(27-28-18)13-7-8-13/h9,11-13,17H,2-8,10H2,1H3,(H2,24,25,26,27,28)/t17-/m1/s1. The number of nitrogens with one attached hydrogen (secondary N) is 2. The molecule has 0 aromatic carbocycles. The maximum Gasteiger partial charge on any atom is 0.251 e. The summed E-state index contributed by atoms with van der Waals surface area (Å²) in [5.74, 6) is 2.91. The maximum absolute atomic E-state index is 13.3. The number of hydrogen-bond acceptors (Lipinski definition) is 8. The van der Waals surface area contributed by atoms with Crippen LogP contribution in [0.4, 0.5) is 22.7 Å². The van der Waals surface area contributed by atoms with Gasteiger partial charge in [0.1, 0.15) is 11.9 Å². The molecule has 32 heavy (non-hydrogen) atoms. The molecular formula is C22H26N8OS. The van der Waals surface area contributed by atoms with Crippen molar-refractivity contribution in [1.82, 2.24) is 25.1 Å². The number of fused-ring (bicyclic) bond motifs is 1. The second-order valence-electron chi connectivity index (χ2n) is 8.82. The molecule has 1 saturated carbocycles. The van der Waals surface area contributed by atoms with E-state index in [0.717, 1.165) is 56.0 Å². The van der Waals surface area contributed by atoms with Crippen molar-refractivity contribution in [2.75, 3.05) is 28.7 Å². The van der Waals surface area contributed by atoms with Crippen molar-refractivity contribution < 1.29 is 4.79 Å². The summed E-state index contributed by atoms with van der Waals surface area (Å²) in [4.78, 5) is 31.1. The fourth-order valence-corrected chi connectivity index (χ4v) is 5.35. The molecule has 1 aliphatic heterocycles. The first-order valence-electron chi connectivity index (χ1n) is 11.3. The van der Waals surface area contributed by atoms with Gasteiger partial charge in [-0.1, -0.05) is 0 Å². The lowest BCUT2D eigenvalue weighted by atomic mass is 10.2. The fraction of sp³-hybridized carbons (Fsp3) is 0.500. The average Bonchev–Trinajstić information content (AvgIpc) is 3.32. The van der Waals surface area contributed by atoms with E-state index in [9.17, 15) is 4.79 Å². The Morgan fingerprint density at radius 3 is 2.97 bits per heavy atom. The van der Waals surface area contributed by atoms with E-state index in [4.69, 9.17) is 9.97 Å². The number of H-pyrrole nitrogens is 1. The Kier molecular flexibility index (Phi) is 4.82.